The fourth-order valence-electron chi connectivity index (χ4n) is 2.13. The van der Waals surface area contributed by atoms with Crippen molar-refractivity contribution < 1.29 is 16.8 Å². The molecule has 2 rings (SSSR count). The summed E-state index contributed by atoms with van der Waals surface area (Å²) >= 11 is 3.24. The van der Waals surface area contributed by atoms with Crippen LogP contribution in [0.1, 0.15) is 11.1 Å². The van der Waals surface area contributed by atoms with E-state index in [0.717, 1.165) is 4.31 Å². The predicted octanol–water partition coefficient (Wildman–Crippen LogP) is 3.12. The molecule has 25 heavy (non-hydrogen) atoms. The number of benzene rings is 2. The lowest BCUT2D eigenvalue weighted by Crippen LogP contribution is -2.23. The van der Waals surface area contributed by atoms with Crippen molar-refractivity contribution in [2.75, 3.05) is 18.8 Å². The SMILES string of the molecule is Cc1cc(S(=O)(=O)N(C)C)cc(NS(=O)(=O)c2cccc(Br)c2)c1C. The number of hydrogen-bond donors (Lipinski definition) is 1. The number of halogens is 1. The van der Waals surface area contributed by atoms with Crippen LogP contribution in [0.2, 0.25) is 0 Å². The molecule has 0 radical (unpaired) electrons. The summed E-state index contributed by atoms with van der Waals surface area (Å²) in [4.78, 5) is 0.118. The Morgan fingerprint density at radius 1 is 0.960 bits per heavy atom. The van der Waals surface area contributed by atoms with E-state index in [1.165, 1.54) is 38.4 Å². The van der Waals surface area contributed by atoms with Gasteiger partial charge in [-0.15, -0.1) is 0 Å². The molecule has 2 aromatic rings. The molecule has 0 heterocycles. The first-order valence-corrected chi connectivity index (χ1v) is 11.0. The average Bonchev–Trinajstić information content (AvgIpc) is 2.51. The van der Waals surface area contributed by atoms with Crippen LogP contribution in [0.4, 0.5) is 5.69 Å². The third-order valence-electron chi connectivity index (χ3n) is 3.77. The van der Waals surface area contributed by atoms with Gasteiger partial charge in [-0.1, -0.05) is 22.0 Å². The standard InChI is InChI=1S/C16H19BrN2O4S2/c1-11-8-15(25(22,23)19(3)4)10-16(12(11)2)18-24(20,21)14-7-5-6-13(17)9-14/h5-10,18H,1-4H3. The monoisotopic (exact) mass is 446 g/mol. The van der Waals surface area contributed by atoms with Crippen molar-refractivity contribution in [3.05, 3.63) is 52.0 Å². The molecular formula is C16H19BrN2O4S2. The lowest BCUT2D eigenvalue weighted by molar-refractivity contribution is 0.520. The molecule has 0 fully saturated rings. The molecule has 0 aromatic heterocycles. The summed E-state index contributed by atoms with van der Waals surface area (Å²) in [6, 6.07) is 9.15. The highest BCUT2D eigenvalue weighted by molar-refractivity contribution is 9.10. The van der Waals surface area contributed by atoms with E-state index in [1.807, 2.05) is 0 Å². The molecule has 0 spiro atoms. The molecule has 9 heteroatoms. The number of sulfonamides is 2. The summed E-state index contributed by atoms with van der Waals surface area (Å²) in [5, 5.41) is 0. The zero-order valence-electron chi connectivity index (χ0n) is 14.2. The van der Waals surface area contributed by atoms with Gasteiger partial charge in [0.2, 0.25) is 10.0 Å². The minimum atomic E-state index is -3.85. The van der Waals surface area contributed by atoms with Gasteiger partial charge in [0.15, 0.2) is 0 Å². The minimum absolute atomic E-state index is 0.0348. The Morgan fingerprint density at radius 2 is 1.60 bits per heavy atom. The van der Waals surface area contributed by atoms with Gasteiger partial charge in [-0.2, -0.15) is 0 Å². The number of anilines is 1. The van der Waals surface area contributed by atoms with Crippen LogP contribution in [-0.2, 0) is 20.0 Å². The van der Waals surface area contributed by atoms with Gasteiger partial charge < -0.3 is 0 Å². The Hall–Kier alpha value is -1.42. The van der Waals surface area contributed by atoms with E-state index < -0.39 is 20.0 Å². The van der Waals surface area contributed by atoms with Crippen LogP contribution in [0.3, 0.4) is 0 Å². The largest absolute Gasteiger partial charge is 0.279 e. The van der Waals surface area contributed by atoms with Crippen LogP contribution in [0.25, 0.3) is 0 Å². The van der Waals surface area contributed by atoms with E-state index in [2.05, 4.69) is 20.7 Å². The smallest absolute Gasteiger partial charge is 0.261 e. The summed E-state index contributed by atoms with van der Waals surface area (Å²) in [6.45, 7) is 3.47. The maximum absolute atomic E-state index is 12.6. The van der Waals surface area contributed by atoms with Crippen LogP contribution in [0, 0.1) is 13.8 Å². The van der Waals surface area contributed by atoms with E-state index in [-0.39, 0.29) is 15.5 Å². The van der Waals surface area contributed by atoms with Gasteiger partial charge >= 0.3 is 0 Å². The first-order chi connectivity index (χ1) is 11.4. The van der Waals surface area contributed by atoms with E-state index >= 15 is 0 Å². The fraction of sp³-hybridized carbons (Fsp3) is 0.250. The molecule has 0 bridgehead atoms. The quantitative estimate of drug-likeness (QED) is 0.764. The Balaban J connectivity index is 2.55. The third kappa shape index (κ3) is 4.22. The second-order valence-corrected chi connectivity index (χ2v) is 10.5. The second-order valence-electron chi connectivity index (χ2n) is 5.76. The molecule has 2 aromatic carbocycles. The average molecular weight is 447 g/mol. The number of nitrogens with zero attached hydrogens (tertiary/aromatic N) is 1. The molecule has 0 amide bonds. The van der Waals surface area contributed by atoms with Crippen molar-refractivity contribution >= 4 is 41.7 Å². The Kier molecular flexibility index (Phi) is 5.62. The van der Waals surface area contributed by atoms with Gasteiger partial charge in [0.05, 0.1) is 15.5 Å². The van der Waals surface area contributed by atoms with Crippen molar-refractivity contribution in [2.45, 2.75) is 23.6 Å². The highest BCUT2D eigenvalue weighted by atomic mass is 79.9. The number of aryl methyl sites for hydroxylation is 1. The lowest BCUT2D eigenvalue weighted by Gasteiger charge is -2.17. The summed E-state index contributed by atoms with van der Waals surface area (Å²) in [5.41, 5.74) is 1.58. The molecule has 0 unspecified atom stereocenters. The van der Waals surface area contributed by atoms with Crippen molar-refractivity contribution in [1.82, 2.24) is 4.31 Å². The van der Waals surface area contributed by atoms with Crippen LogP contribution >= 0.6 is 15.9 Å². The van der Waals surface area contributed by atoms with E-state index in [0.29, 0.717) is 15.6 Å². The maximum Gasteiger partial charge on any atom is 0.261 e. The van der Waals surface area contributed by atoms with E-state index in [1.54, 1.807) is 26.0 Å². The molecule has 0 aliphatic heterocycles. The molecule has 0 aliphatic rings. The van der Waals surface area contributed by atoms with Gasteiger partial charge in [-0.25, -0.2) is 21.1 Å². The molecule has 0 saturated heterocycles. The van der Waals surface area contributed by atoms with Crippen molar-refractivity contribution in [2.24, 2.45) is 0 Å². The van der Waals surface area contributed by atoms with Crippen LogP contribution < -0.4 is 4.72 Å². The van der Waals surface area contributed by atoms with Crippen LogP contribution in [0.15, 0.2) is 50.7 Å². The van der Waals surface area contributed by atoms with Gasteiger partial charge in [-0.05, 0) is 55.3 Å². The molecule has 0 aliphatic carbocycles. The van der Waals surface area contributed by atoms with Gasteiger partial charge in [0.25, 0.3) is 10.0 Å². The summed E-state index contributed by atoms with van der Waals surface area (Å²) in [7, 11) is -4.67. The van der Waals surface area contributed by atoms with Crippen molar-refractivity contribution in [1.29, 1.82) is 0 Å². The molecule has 1 N–H and O–H groups in total. The fourth-order valence-corrected chi connectivity index (χ4v) is 4.85. The Morgan fingerprint density at radius 3 is 2.16 bits per heavy atom. The second kappa shape index (κ2) is 7.06. The van der Waals surface area contributed by atoms with Gasteiger partial charge in [-0.3, -0.25) is 4.72 Å². The van der Waals surface area contributed by atoms with Crippen LogP contribution in [-0.4, -0.2) is 35.2 Å². The molecule has 0 atom stereocenters. The highest BCUT2D eigenvalue weighted by Crippen LogP contribution is 2.28. The van der Waals surface area contributed by atoms with Crippen molar-refractivity contribution in [3.63, 3.8) is 0 Å². The van der Waals surface area contributed by atoms with Gasteiger partial charge in [0, 0.05) is 18.6 Å². The molecular weight excluding hydrogens is 428 g/mol. The molecule has 0 saturated carbocycles. The topological polar surface area (TPSA) is 83.6 Å². The highest BCUT2D eigenvalue weighted by Gasteiger charge is 2.22. The summed E-state index contributed by atoms with van der Waals surface area (Å²) in [6.07, 6.45) is 0. The van der Waals surface area contributed by atoms with E-state index in [9.17, 15) is 16.8 Å². The predicted molar refractivity (Wildman–Crippen MR) is 102 cm³/mol. The van der Waals surface area contributed by atoms with Crippen molar-refractivity contribution in [3.8, 4) is 0 Å². The lowest BCUT2D eigenvalue weighted by atomic mass is 10.1. The van der Waals surface area contributed by atoms with E-state index in [4.69, 9.17) is 0 Å². The summed E-state index contributed by atoms with van der Waals surface area (Å²) in [5.74, 6) is 0. The molecule has 136 valence electrons. The first kappa shape index (κ1) is 19.9. The first-order valence-electron chi connectivity index (χ1n) is 7.27. The maximum atomic E-state index is 12.6. The van der Waals surface area contributed by atoms with Gasteiger partial charge in [0.1, 0.15) is 0 Å². The molecule has 6 nitrogen and oxygen atoms in total. The zero-order valence-corrected chi connectivity index (χ0v) is 17.5. The number of nitrogens with one attached hydrogen (secondary N) is 1. The number of rotatable bonds is 5. The Labute approximate surface area is 157 Å². The number of hydrogen-bond acceptors (Lipinski definition) is 4. The normalized spacial score (nSPS) is 12.4. The minimum Gasteiger partial charge on any atom is -0.279 e. The summed E-state index contributed by atoms with van der Waals surface area (Å²) < 4.78 is 54.2. The zero-order chi connectivity index (χ0) is 19.0. The Bertz CT molecular complexity index is 1020. The van der Waals surface area contributed by atoms with Crippen LogP contribution in [0.5, 0.6) is 0 Å². The third-order valence-corrected chi connectivity index (χ3v) is 7.42.